The lowest BCUT2D eigenvalue weighted by molar-refractivity contribution is -0.189. The van der Waals surface area contributed by atoms with Crippen molar-refractivity contribution in [1.29, 1.82) is 5.41 Å². The second-order valence-electron chi connectivity index (χ2n) is 6.14. The van der Waals surface area contributed by atoms with Crippen LogP contribution in [0.5, 0.6) is 5.75 Å². The standard InChI is InChI=1S/C22H15F3N2O2/c23-22(24,25)21(28)29-19-17-11-9-15(8-4-7-14-5-2-1-3-6-14)13-16(17)10-12-18(19)20(26)27/h1-3,5-6,9-13H,7H2,(H3,26,27). The first-order chi connectivity index (χ1) is 13.8. The SMILES string of the molecule is N=C(N)c1ccc2cc(C#CCc3ccccc3)ccc2c1OC(=O)C(F)(F)F. The van der Waals surface area contributed by atoms with E-state index in [1.54, 1.807) is 18.2 Å². The predicted molar refractivity (Wildman–Crippen MR) is 104 cm³/mol. The van der Waals surface area contributed by atoms with Gasteiger partial charge in [-0.05, 0) is 35.2 Å². The Morgan fingerprint density at radius 1 is 1.07 bits per heavy atom. The van der Waals surface area contributed by atoms with Gasteiger partial charge in [0.05, 0.1) is 5.56 Å². The van der Waals surface area contributed by atoms with Crippen molar-refractivity contribution in [3.8, 4) is 17.6 Å². The zero-order valence-electron chi connectivity index (χ0n) is 15.0. The minimum Gasteiger partial charge on any atom is -0.418 e. The van der Waals surface area contributed by atoms with Gasteiger partial charge in [0.25, 0.3) is 0 Å². The molecule has 3 rings (SSSR count). The summed E-state index contributed by atoms with van der Waals surface area (Å²) in [5.41, 5.74) is 7.04. The molecule has 0 aromatic heterocycles. The number of esters is 1. The zero-order chi connectivity index (χ0) is 21.0. The molecule has 0 aliphatic carbocycles. The van der Waals surface area contributed by atoms with Crippen LogP contribution in [0, 0.1) is 17.3 Å². The van der Waals surface area contributed by atoms with E-state index in [2.05, 4.69) is 16.6 Å². The Labute approximate surface area is 164 Å². The van der Waals surface area contributed by atoms with Crippen LogP contribution >= 0.6 is 0 Å². The highest BCUT2D eigenvalue weighted by atomic mass is 19.4. The van der Waals surface area contributed by atoms with Crippen molar-refractivity contribution in [3.05, 3.63) is 77.4 Å². The maximum Gasteiger partial charge on any atom is 0.491 e. The third-order valence-corrected chi connectivity index (χ3v) is 4.05. The van der Waals surface area contributed by atoms with Crippen molar-refractivity contribution >= 4 is 22.6 Å². The molecule has 0 heterocycles. The smallest absolute Gasteiger partial charge is 0.418 e. The number of carbonyl (C=O) groups excluding carboxylic acids is 1. The molecule has 0 fully saturated rings. The number of rotatable bonds is 3. The summed E-state index contributed by atoms with van der Waals surface area (Å²) >= 11 is 0. The third kappa shape index (κ3) is 4.74. The van der Waals surface area contributed by atoms with Crippen molar-refractivity contribution in [2.24, 2.45) is 5.73 Å². The molecule has 146 valence electrons. The summed E-state index contributed by atoms with van der Waals surface area (Å²) in [4.78, 5) is 11.3. The van der Waals surface area contributed by atoms with E-state index in [-0.39, 0.29) is 10.9 Å². The van der Waals surface area contributed by atoms with E-state index in [4.69, 9.17) is 11.1 Å². The molecule has 4 nitrogen and oxygen atoms in total. The minimum atomic E-state index is -5.17. The average molecular weight is 396 g/mol. The van der Waals surface area contributed by atoms with Crippen LogP contribution in [-0.4, -0.2) is 18.0 Å². The highest BCUT2D eigenvalue weighted by Crippen LogP contribution is 2.32. The van der Waals surface area contributed by atoms with Crippen LogP contribution in [-0.2, 0) is 11.2 Å². The highest BCUT2D eigenvalue weighted by Gasteiger charge is 2.42. The molecule has 3 aromatic carbocycles. The van der Waals surface area contributed by atoms with Crippen molar-refractivity contribution in [2.45, 2.75) is 12.6 Å². The largest absolute Gasteiger partial charge is 0.491 e. The summed E-state index contributed by atoms with van der Waals surface area (Å²) in [5.74, 6) is 2.76. The zero-order valence-corrected chi connectivity index (χ0v) is 15.0. The number of nitrogens with one attached hydrogen (secondary N) is 1. The molecule has 0 radical (unpaired) electrons. The molecule has 0 atom stereocenters. The lowest BCUT2D eigenvalue weighted by Crippen LogP contribution is -2.29. The molecule has 0 spiro atoms. The number of alkyl halides is 3. The van der Waals surface area contributed by atoms with Gasteiger partial charge in [-0.1, -0.05) is 48.2 Å². The molecular weight excluding hydrogens is 381 g/mol. The normalized spacial score (nSPS) is 10.9. The second kappa shape index (κ2) is 8.07. The van der Waals surface area contributed by atoms with Crippen LogP contribution < -0.4 is 10.5 Å². The Hall–Kier alpha value is -3.79. The molecule has 29 heavy (non-hydrogen) atoms. The fourth-order valence-corrected chi connectivity index (χ4v) is 2.70. The molecule has 0 bridgehead atoms. The number of ether oxygens (including phenoxy) is 1. The predicted octanol–water partition coefficient (Wildman–Crippen LogP) is 4.19. The lowest BCUT2D eigenvalue weighted by Gasteiger charge is -2.13. The van der Waals surface area contributed by atoms with Crippen molar-refractivity contribution < 1.29 is 22.7 Å². The Balaban J connectivity index is 1.97. The van der Waals surface area contributed by atoms with Gasteiger partial charge >= 0.3 is 12.1 Å². The molecule has 0 amide bonds. The Morgan fingerprint density at radius 2 is 1.79 bits per heavy atom. The number of halogens is 3. The summed E-state index contributed by atoms with van der Waals surface area (Å²) < 4.78 is 42.4. The molecule has 3 aromatic rings. The number of nitrogens with two attached hydrogens (primary N) is 1. The van der Waals surface area contributed by atoms with Gasteiger partial charge in [-0.25, -0.2) is 4.79 Å². The fraction of sp³-hybridized carbons (Fsp3) is 0.0909. The van der Waals surface area contributed by atoms with E-state index < -0.39 is 23.7 Å². The van der Waals surface area contributed by atoms with E-state index in [9.17, 15) is 18.0 Å². The topological polar surface area (TPSA) is 76.2 Å². The molecule has 0 saturated carbocycles. The van der Waals surface area contributed by atoms with Gasteiger partial charge < -0.3 is 10.5 Å². The molecular formula is C22H15F3N2O2. The molecule has 0 aliphatic heterocycles. The average Bonchev–Trinajstić information content (AvgIpc) is 2.68. The molecule has 0 unspecified atom stereocenters. The number of nitrogen functional groups attached to an aromatic ring is 1. The van der Waals surface area contributed by atoms with Gasteiger partial charge in [-0.2, -0.15) is 13.2 Å². The van der Waals surface area contributed by atoms with Gasteiger partial charge in [-0.3, -0.25) is 5.41 Å². The van der Waals surface area contributed by atoms with Gasteiger partial charge in [0.2, 0.25) is 0 Å². The maximum absolute atomic E-state index is 12.6. The number of carbonyl (C=O) groups is 1. The van der Waals surface area contributed by atoms with E-state index in [0.717, 1.165) is 5.56 Å². The van der Waals surface area contributed by atoms with Crippen molar-refractivity contribution in [2.75, 3.05) is 0 Å². The summed E-state index contributed by atoms with van der Waals surface area (Å²) in [6.45, 7) is 0. The first-order valence-corrected chi connectivity index (χ1v) is 8.48. The van der Waals surface area contributed by atoms with Crippen molar-refractivity contribution in [3.63, 3.8) is 0 Å². The monoisotopic (exact) mass is 396 g/mol. The van der Waals surface area contributed by atoms with Gasteiger partial charge in [0.1, 0.15) is 11.6 Å². The number of amidine groups is 1. The summed E-state index contributed by atoms with van der Waals surface area (Å²) in [5, 5.41) is 8.28. The maximum atomic E-state index is 12.6. The summed E-state index contributed by atoms with van der Waals surface area (Å²) in [6, 6.07) is 17.4. The Kier molecular flexibility index (Phi) is 5.55. The number of benzene rings is 3. The van der Waals surface area contributed by atoms with Crippen LogP contribution in [0.4, 0.5) is 13.2 Å². The third-order valence-electron chi connectivity index (χ3n) is 4.05. The Morgan fingerprint density at radius 3 is 2.45 bits per heavy atom. The fourth-order valence-electron chi connectivity index (χ4n) is 2.70. The first kappa shape index (κ1) is 20.0. The van der Waals surface area contributed by atoms with E-state index in [1.165, 1.54) is 12.1 Å². The van der Waals surface area contributed by atoms with Crippen LogP contribution in [0.3, 0.4) is 0 Å². The minimum absolute atomic E-state index is 0.0991. The number of hydrogen-bond donors (Lipinski definition) is 2. The Bertz CT molecular complexity index is 1140. The molecule has 0 saturated heterocycles. The van der Waals surface area contributed by atoms with Gasteiger partial charge in [0, 0.05) is 17.4 Å². The van der Waals surface area contributed by atoms with Crippen LogP contribution in [0.1, 0.15) is 16.7 Å². The van der Waals surface area contributed by atoms with Crippen LogP contribution in [0.2, 0.25) is 0 Å². The van der Waals surface area contributed by atoms with Crippen molar-refractivity contribution in [1.82, 2.24) is 0 Å². The number of hydrogen-bond acceptors (Lipinski definition) is 3. The highest BCUT2D eigenvalue weighted by molar-refractivity contribution is 6.05. The second-order valence-corrected chi connectivity index (χ2v) is 6.14. The quantitative estimate of drug-likeness (QED) is 0.229. The molecule has 3 N–H and O–H groups in total. The van der Waals surface area contributed by atoms with E-state index >= 15 is 0 Å². The number of fused-ring (bicyclic) bond motifs is 1. The lowest BCUT2D eigenvalue weighted by atomic mass is 10.0. The molecule has 7 heteroatoms. The van der Waals surface area contributed by atoms with Gasteiger partial charge in [-0.15, -0.1) is 0 Å². The van der Waals surface area contributed by atoms with Crippen LogP contribution in [0.15, 0.2) is 60.7 Å². The van der Waals surface area contributed by atoms with E-state index in [0.29, 0.717) is 17.4 Å². The summed E-state index contributed by atoms with van der Waals surface area (Å²) in [7, 11) is 0. The van der Waals surface area contributed by atoms with Gasteiger partial charge in [0.15, 0.2) is 0 Å². The summed E-state index contributed by atoms with van der Waals surface area (Å²) in [6.07, 6.45) is -4.62. The first-order valence-electron chi connectivity index (χ1n) is 8.48. The molecule has 0 aliphatic rings. The van der Waals surface area contributed by atoms with E-state index in [1.807, 2.05) is 30.3 Å². The van der Waals surface area contributed by atoms with Crippen LogP contribution in [0.25, 0.3) is 10.8 Å².